The normalized spacial score (nSPS) is 24.2. The molecule has 1 N–H and O–H groups in total. The number of rotatable bonds is 25. The van der Waals surface area contributed by atoms with E-state index in [0.29, 0.717) is 13.2 Å². The molecule has 0 bridgehead atoms. The van der Waals surface area contributed by atoms with Gasteiger partial charge in [0.15, 0.2) is 12.6 Å². The molecular weight excluding hydrogens is 909 g/mol. The molecule has 10 atom stereocenters. The molecule has 0 aliphatic carbocycles. The van der Waals surface area contributed by atoms with Crippen molar-refractivity contribution in [3.05, 3.63) is 251 Å². The molecule has 2 aliphatic heterocycles. The van der Waals surface area contributed by atoms with Crippen LogP contribution in [0.3, 0.4) is 0 Å². The van der Waals surface area contributed by atoms with Crippen LogP contribution >= 0.6 is 0 Å². The van der Waals surface area contributed by atoms with Crippen LogP contribution < -0.4 is 0 Å². The van der Waals surface area contributed by atoms with Gasteiger partial charge in [0, 0.05) is 0 Å². The largest absolute Gasteiger partial charge is 0.374 e. The molecule has 7 aromatic carbocycles. The Morgan fingerprint density at radius 3 is 0.889 bits per heavy atom. The predicted octanol–water partition coefficient (Wildman–Crippen LogP) is 10.2. The Balaban J connectivity index is 1.07. The smallest absolute Gasteiger partial charge is 0.187 e. The first kappa shape index (κ1) is 51.0. The van der Waals surface area contributed by atoms with Crippen molar-refractivity contribution in [3.8, 4) is 0 Å². The minimum Gasteiger partial charge on any atom is -0.374 e. The first-order valence-corrected chi connectivity index (χ1v) is 24.8. The maximum Gasteiger partial charge on any atom is 0.187 e. The Kier molecular flexibility index (Phi) is 19.3. The van der Waals surface area contributed by atoms with Gasteiger partial charge >= 0.3 is 0 Å². The second-order valence-electron chi connectivity index (χ2n) is 18.0. The average Bonchev–Trinajstić information content (AvgIpc) is 3.43. The lowest BCUT2D eigenvalue weighted by atomic mass is 9.96. The molecule has 374 valence electrons. The van der Waals surface area contributed by atoms with Crippen LogP contribution in [0.4, 0.5) is 0 Å². The summed E-state index contributed by atoms with van der Waals surface area (Å²) < 4.78 is 68.3. The molecule has 0 amide bonds. The maximum atomic E-state index is 12.3. The molecule has 9 rings (SSSR count). The highest BCUT2D eigenvalue weighted by Gasteiger charge is 2.54. The summed E-state index contributed by atoms with van der Waals surface area (Å²) in [5.41, 5.74) is 6.77. The van der Waals surface area contributed by atoms with E-state index in [1.165, 1.54) is 0 Å². The number of aliphatic hydroxyl groups excluding tert-OH is 1. The van der Waals surface area contributed by atoms with Crippen LogP contribution in [0.25, 0.3) is 0 Å². The minimum atomic E-state index is -1.52. The summed E-state index contributed by atoms with van der Waals surface area (Å²) in [7, 11) is 0. The number of aliphatic hydroxyl groups is 1. The topological polar surface area (TPSA) is 113 Å². The van der Waals surface area contributed by atoms with E-state index in [1.54, 1.807) is 0 Å². The lowest BCUT2D eigenvalue weighted by molar-refractivity contribution is -0.379. The molecule has 2 fully saturated rings. The molecular formula is C61H64O11. The van der Waals surface area contributed by atoms with Crippen molar-refractivity contribution in [1.29, 1.82) is 0 Å². The summed E-state index contributed by atoms with van der Waals surface area (Å²) in [6.45, 7) is 2.01. The third-order valence-corrected chi connectivity index (χ3v) is 12.7. The zero-order valence-electron chi connectivity index (χ0n) is 40.4. The molecule has 0 spiro atoms. The number of ether oxygens (including phenoxy) is 10. The molecule has 0 aromatic heterocycles. The Morgan fingerprint density at radius 2 is 0.556 bits per heavy atom. The molecule has 0 saturated carbocycles. The predicted molar refractivity (Wildman–Crippen MR) is 272 cm³/mol. The van der Waals surface area contributed by atoms with Gasteiger partial charge in [-0.15, -0.1) is 0 Å². The van der Waals surface area contributed by atoms with E-state index in [-0.39, 0.29) is 46.2 Å². The zero-order chi connectivity index (χ0) is 49.0. The number of benzene rings is 7. The highest BCUT2D eigenvalue weighted by atomic mass is 16.8. The first-order chi connectivity index (χ1) is 35.6. The summed E-state index contributed by atoms with van der Waals surface area (Å²) in [4.78, 5) is 0. The van der Waals surface area contributed by atoms with E-state index in [2.05, 4.69) is 0 Å². The lowest BCUT2D eigenvalue weighted by Crippen LogP contribution is -2.66. The van der Waals surface area contributed by atoms with Gasteiger partial charge in [-0.1, -0.05) is 212 Å². The molecule has 0 radical (unpaired) electrons. The van der Waals surface area contributed by atoms with Gasteiger partial charge in [0.1, 0.15) is 48.8 Å². The fourth-order valence-corrected chi connectivity index (χ4v) is 8.98. The molecule has 2 aliphatic rings. The van der Waals surface area contributed by atoms with Gasteiger partial charge in [-0.25, -0.2) is 0 Å². The lowest BCUT2D eigenvalue weighted by Gasteiger charge is -2.49. The molecule has 11 nitrogen and oxygen atoms in total. The van der Waals surface area contributed by atoms with Gasteiger partial charge in [0.25, 0.3) is 0 Å². The van der Waals surface area contributed by atoms with Crippen LogP contribution in [-0.4, -0.2) is 79.7 Å². The van der Waals surface area contributed by atoms with Crippen molar-refractivity contribution in [2.45, 2.75) is 108 Å². The molecule has 2 saturated heterocycles. The second-order valence-corrected chi connectivity index (χ2v) is 18.0. The van der Waals surface area contributed by atoms with Gasteiger partial charge in [-0.2, -0.15) is 0 Å². The third-order valence-electron chi connectivity index (χ3n) is 12.7. The van der Waals surface area contributed by atoms with Crippen molar-refractivity contribution < 1.29 is 52.5 Å². The van der Waals surface area contributed by atoms with Crippen LogP contribution in [-0.2, 0) is 93.6 Å². The standard InChI is InChI=1S/C61H64O11/c62-60-58(56(67-40-49-30-16-5-17-31-49)54(65-38-47-26-12-3-13-27-47)52(70-60)43-63-36-45-22-8-1-9-23-45)72-61-59(69-42-51-34-20-7-21-35-51)57(68-41-50-32-18-6-19-33-50)55(66-39-48-28-14-4-15-29-48)53(71-61)44-64-37-46-24-10-2-11-25-46/h1-35,52-62H,36-44H2/t52-,53-,54-,55-,56+,57+,58-,59+,60-,61+/m1/s1. The Bertz CT molecular complexity index is 2550. The number of hydrogen-bond donors (Lipinski definition) is 1. The Morgan fingerprint density at radius 1 is 0.292 bits per heavy atom. The van der Waals surface area contributed by atoms with Gasteiger partial charge in [0.05, 0.1) is 59.5 Å². The van der Waals surface area contributed by atoms with Crippen LogP contribution in [0.2, 0.25) is 0 Å². The SMILES string of the molecule is O[C@@H]1O[C@H](COCc2ccccc2)[C@@H](OCc2ccccc2)[C@H](OCc2ccccc2)[C@H]1O[C@@H]1O[C@H](COCc2ccccc2)[C@@H](OCc2ccccc2)[C@H](OCc2ccccc2)[C@@H]1OCc1ccccc1. The van der Waals surface area contributed by atoms with Crippen LogP contribution in [0.1, 0.15) is 38.9 Å². The number of hydrogen-bond acceptors (Lipinski definition) is 11. The summed E-state index contributed by atoms with van der Waals surface area (Å²) in [5.74, 6) is 0. The van der Waals surface area contributed by atoms with E-state index in [9.17, 15) is 5.11 Å². The summed E-state index contributed by atoms with van der Waals surface area (Å²) in [6, 6.07) is 69.6. The van der Waals surface area contributed by atoms with Crippen molar-refractivity contribution >= 4 is 0 Å². The quantitative estimate of drug-likeness (QED) is 0.0591. The van der Waals surface area contributed by atoms with Crippen molar-refractivity contribution in [1.82, 2.24) is 0 Å². The zero-order valence-corrected chi connectivity index (χ0v) is 40.4. The minimum absolute atomic E-state index is 0.0999. The van der Waals surface area contributed by atoms with Crippen LogP contribution in [0.15, 0.2) is 212 Å². The van der Waals surface area contributed by atoms with Crippen molar-refractivity contribution in [2.24, 2.45) is 0 Å². The monoisotopic (exact) mass is 972 g/mol. The van der Waals surface area contributed by atoms with Crippen molar-refractivity contribution in [3.63, 3.8) is 0 Å². The highest BCUT2D eigenvalue weighted by molar-refractivity contribution is 5.19. The fourth-order valence-electron chi connectivity index (χ4n) is 8.98. The van der Waals surface area contributed by atoms with Gasteiger partial charge in [-0.3, -0.25) is 0 Å². The molecule has 2 heterocycles. The van der Waals surface area contributed by atoms with E-state index >= 15 is 0 Å². The van der Waals surface area contributed by atoms with Crippen molar-refractivity contribution in [2.75, 3.05) is 13.2 Å². The summed E-state index contributed by atoms with van der Waals surface area (Å²) in [6.07, 6.45) is -9.48. The van der Waals surface area contributed by atoms with Crippen LogP contribution in [0.5, 0.6) is 0 Å². The van der Waals surface area contributed by atoms with E-state index in [4.69, 9.17) is 47.4 Å². The fraction of sp³-hybridized carbons (Fsp3) is 0.311. The third kappa shape index (κ3) is 14.8. The molecule has 0 unspecified atom stereocenters. The van der Waals surface area contributed by atoms with Gasteiger partial charge in [-0.05, 0) is 38.9 Å². The van der Waals surface area contributed by atoms with Gasteiger partial charge in [0.2, 0.25) is 0 Å². The highest BCUT2D eigenvalue weighted by Crippen LogP contribution is 2.36. The van der Waals surface area contributed by atoms with E-state index < -0.39 is 61.4 Å². The summed E-state index contributed by atoms with van der Waals surface area (Å²) in [5, 5.41) is 12.3. The van der Waals surface area contributed by atoms with E-state index in [0.717, 1.165) is 38.9 Å². The molecule has 7 aromatic rings. The Hall–Kier alpha value is -5.90. The Labute approximate surface area is 423 Å². The molecule has 72 heavy (non-hydrogen) atoms. The molecule has 11 heteroatoms. The first-order valence-electron chi connectivity index (χ1n) is 24.8. The van der Waals surface area contributed by atoms with Crippen LogP contribution in [0, 0.1) is 0 Å². The van der Waals surface area contributed by atoms with E-state index in [1.807, 2.05) is 212 Å². The average molecular weight is 973 g/mol. The van der Waals surface area contributed by atoms with Gasteiger partial charge < -0.3 is 52.5 Å². The second kappa shape index (κ2) is 27.2. The maximum absolute atomic E-state index is 12.3. The summed E-state index contributed by atoms with van der Waals surface area (Å²) >= 11 is 0.